The molecular weight excluding hydrogens is 458 g/mol. The molecule has 4 rings (SSSR count). The third-order valence-electron chi connectivity index (χ3n) is 5.45. The van der Waals surface area contributed by atoms with Crippen molar-refractivity contribution in [1.29, 1.82) is 0 Å². The molecule has 0 bridgehead atoms. The smallest absolute Gasteiger partial charge is 0.253 e. The van der Waals surface area contributed by atoms with Crippen molar-refractivity contribution in [3.63, 3.8) is 0 Å². The van der Waals surface area contributed by atoms with Crippen LogP contribution in [0.15, 0.2) is 40.1 Å². The van der Waals surface area contributed by atoms with Crippen LogP contribution in [0.4, 0.5) is 0 Å². The highest BCUT2D eigenvalue weighted by atomic mass is 32.2. The lowest BCUT2D eigenvalue weighted by atomic mass is 10.2. The summed E-state index contributed by atoms with van der Waals surface area (Å²) in [5, 5.41) is 0. The van der Waals surface area contributed by atoms with Gasteiger partial charge in [0.1, 0.15) is 0 Å². The van der Waals surface area contributed by atoms with Crippen molar-refractivity contribution in [3.8, 4) is 0 Å². The Labute approximate surface area is 187 Å². The summed E-state index contributed by atoms with van der Waals surface area (Å²) in [6, 6.07) is 7.58. The van der Waals surface area contributed by atoms with E-state index in [1.54, 1.807) is 17.9 Å². The highest BCUT2D eigenvalue weighted by molar-refractivity contribution is 7.89. The normalized spacial score (nSPS) is 18.3. The van der Waals surface area contributed by atoms with E-state index in [2.05, 4.69) is 4.72 Å². The first-order valence-corrected chi connectivity index (χ1v) is 13.8. The minimum Gasteiger partial charge on any atom is -0.336 e. The van der Waals surface area contributed by atoms with Crippen LogP contribution in [0.5, 0.6) is 0 Å². The molecular formula is C20H25N3O5S3. The summed E-state index contributed by atoms with van der Waals surface area (Å²) in [7, 11) is -7.14. The van der Waals surface area contributed by atoms with Crippen LogP contribution in [0.25, 0.3) is 0 Å². The molecule has 1 amide bonds. The van der Waals surface area contributed by atoms with Crippen LogP contribution < -0.4 is 4.72 Å². The molecule has 11 heteroatoms. The van der Waals surface area contributed by atoms with Crippen LogP contribution in [0.3, 0.4) is 0 Å². The van der Waals surface area contributed by atoms with Crippen molar-refractivity contribution in [2.45, 2.75) is 42.5 Å². The van der Waals surface area contributed by atoms with Crippen molar-refractivity contribution in [2.24, 2.45) is 0 Å². The van der Waals surface area contributed by atoms with Gasteiger partial charge in [0.2, 0.25) is 20.0 Å². The Hall–Kier alpha value is -1.79. The van der Waals surface area contributed by atoms with Crippen molar-refractivity contribution < 1.29 is 21.6 Å². The second-order valence-corrected chi connectivity index (χ2v) is 13.0. The van der Waals surface area contributed by atoms with Gasteiger partial charge in [0.25, 0.3) is 5.91 Å². The summed E-state index contributed by atoms with van der Waals surface area (Å²) in [5.41, 5.74) is 0.381. The van der Waals surface area contributed by atoms with Gasteiger partial charge in [-0.25, -0.2) is 21.6 Å². The lowest BCUT2D eigenvalue weighted by Crippen LogP contribution is -2.50. The maximum absolute atomic E-state index is 12.9. The third kappa shape index (κ3) is 4.70. The maximum atomic E-state index is 12.9. The first-order valence-electron chi connectivity index (χ1n) is 10.1. The molecule has 0 spiro atoms. The van der Waals surface area contributed by atoms with E-state index in [1.165, 1.54) is 39.9 Å². The maximum Gasteiger partial charge on any atom is 0.253 e. The number of aryl methyl sites for hydroxylation is 2. The van der Waals surface area contributed by atoms with Gasteiger partial charge in [0.05, 0.1) is 9.79 Å². The summed E-state index contributed by atoms with van der Waals surface area (Å²) in [6.07, 6.45) is 1.70. The predicted molar refractivity (Wildman–Crippen MR) is 118 cm³/mol. The zero-order chi connectivity index (χ0) is 22.4. The van der Waals surface area contributed by atoms with Crippen molar-refractivity contribution in [1.82, 2.24) is 13.9 Å². The number of benzene rings is 1. The molecule has 1 aromatic heterocycles. The fourth-order valence-corrected chi connectivity index (χ4v) is 7.83. The van der Waals surface area contributed by atoms with E-state index in [0.717, 1.165) is 22.6 Å². The number of thiophene rings is 1. The number of nitrogens with zero attached hydrogens (tertiary/aromatic N) is 2. The molecule has 8 nitrogen and oxygen atoms in total. The van der Waals surface area contributed by atoms with Crippen LogP contribution >= 0.6 is 11.3 Å². The summed E-state index contributed by atoms with van der Waals surface area (Å²) in [5.74, 6) is -0.237. The molecule has 1 aliphatic carbocycles. The van der Waals surface area contributed by atoms with Gasteiger partial charge >= 0.3 is 0 Å². The Morgan fingerprint density at radius 2 is 1.61 bits per heavy atom. The monoisotopic (exact) mass is 483 g/mol. The lowest BCUT2D eigenvalue weighted by Gasteiger charge is -2.34. The van der Waals surface area contributed by atoms with Crippen LogP contribution in [0, 0.1) is 13.8 Å². The molecule has 2 aliphatic rings. The molecule has 2 aromatic rings. The van der Waals surface area contributed by atoms with Gasteiger partial charge in [-0.3, -0.25) is 4.79 Å². The number of piperazine rings is 1. The molecule has 0 radical (unpaired) electrons. The van der Waals surface area contributed by atoms with Gasteiger partial charge in [0, 0.05) is 47.5 Å². The number of hydrogen-bond acceptors (Lipinski definition) is 6. The Bertz CT molecular complexity index is 1190. The molecule has 1 saturated heterocycles. The van der Waals surface area contributed by atoms with E-state index < -0.39 is 20.0 Å². The Balaban J connectivity index is 1.40. The summed E-state index contributed by atoms with van der Waals surface area (Å²) < 4.78 is 54.5. The second kappa shape index (κ2) is 8.28. The third-order valence-corrected chi connectivity index (χ3v) is 10.1. The van der Waals surface area contributed by atoms with E-state index >= 15 is 0 Å². The molecule has 2 heterocycles. The van der Waals surface area contributed by atoms with Crippen molar-refractivity contribution >= 4 is 37.3 Å². The Morgan fingerprint density at radius 3 is 2.13 bits per heavy atom. The number of carbonyl (C=O) groups excluding carboxylic acids is 1. The second-order valence-electron chi connectivity index (χ2n) is 7.89. The van der Waals surface area contributed by atoms with Gasteiger partial charge in [-0.2, -0.15) is 4.31 Å². The van der Waals surface area contributed by atoms with E-state index in [-0.39, 0.29) is 43.0 Å². The fraction of sp³-hybridized carbons (Fsp3) is 0.450. The number of sulfonamides is 2. The first-order chi connectivity index (χ1) is 14.6. The number of carbonyl (C=O) groups is 1. The highest BCUT2D eigenvalue weighted by Crippen LogP contribution is 2.28. The van der Waals surface area contributed by atoms with Crippen molar-refractivity contribution in [3.05, 3.63) is 45.6 Å². The van der Waals surface area contributed by atoms with Gasteiger partial charge in [-0.05, 0) is 57.0 Å². The molecule has 31 heavy (non-hydrogen) atoms. The Morgan fingerprint density at radius 1 is 1.00 bits per heavy atom. The number of amides is 1. The largest absolute Gasteiger partial charge is 0.336 e. The minimum absolute atomic E-state index is 0.0145. The Kier molecular flexibility index (Phi) is 5.99. The zero-order valence-electron chi connectivity index (χ0n) is 17.4. The van der Waals surface area contributed by atoms with E-state index in [4.69, 9.17) is 0 Å². The summed E-state index contributed by atoms with van der Waals surface area (Å²) in [4.78, 5) is 16.6. The van der Waals surface area contributed by atoms with Gasteiger partial charge in [-0.15, -0.1) is 11.3 Å². The highest BCUT2D eigenvalue weighted by Gasteiger charge is 2.32. The first kappa shape index (κ1) is 22.4. The molecule has 0 unspecified atom stereocenters. The SMILES string of the molecule is Cc1cc(S(=O)(=O)N2CCN(C(=O)c3ccc(S(=O)(=O)NC4CC4)cc3)CC2)c(C)s1. The van der Waals surface area contributed by atoms with Crippen LogP contribution in [0.2, 0.25) is 0 Å². The molecule has 1 aliphatic heterocycles. The quantitative estimate of drug-likeness (QED) is 0.676. The minimum atomic E-state index is -3.58. The number of nitrogens with one attached hydrogen (secondary N) is 1. The average Bonchev–Trinajstić information content (AvgIpc) is 3.47. The molecule has 1 aromatic carbocycles. The number of rotatable bonds is 6. The lowest BCUT2D eigenvalue weighted by molar-refractivity contribution is 0.0698. The number of hydrogen-bond donors (Lipinski definition) is 1. The van der Waals surface area contributed by atoms with Crippen LogP contribution in [-0.4, -0.2) is 64.2 Å². The van der Waals surface area contributed by atoms with E-state index in [1.807, 2.05) is 6.92 Å². The van der Waals surface area contributed by atoms with Gasteiger partial charge in [0.15, 0.2) is 0 Å². The summed E-state index contributed by atoms with van der Waals surface area (Å²) >= 11 is 1.45. The van der Waals surface area contributed by atoms with Crippen LogP contribution in [-0.2, 0) is 20.0 Å². The van der Waals surface area contributed by atoms with Gasteiger partial charge < -0.3 is 4.90 Å². The molecule has 1 saturated carbocycles. The molecule has 168 valence electrons. The van der Waals surface area contributed by atoms with Gasteiger partial charge in [-0.1, -0.05) is 0 Å². The topological polar surface area (TPSA) is 104 Å². The fourth-order valence-electron chi connectivity index (χ4n) is 3.58. The van der Waals surface area contributed by atoms with E-state index in [0.29, 0.717) is 10.5 Å². The zero-order valence-corrected chi connectivity index (χ0v) is 19.8. The van der Waals surface area contributed by atoms with E-state index in [9.17, 15) is 21.6 Å². The summed E-state index contributed by atoms with van der Waals surface area (Å²) in [6.45, 7) is 4.69. The molecule has 0 atom stereocenters. The van der Waals surface area contributed by atoms with Crippen LogP contribution in [0.1, 0.15) is 33.0 Å². The average molecular weight is 484 g/mol. The predicted octanol–water partition coefficient (Wildman–Crippen LogP) is 1.95. The molecule has 2 fully saturated rings. The standard InChI is InChI=1S/C20H25N3O5S3/c1-14-13-19(15(2)29-14)31(27,28)23-11-9-22(10-12-23)20(24)16-3-7-18(8-4-16)30(25,26)21-17-5-6-17/h3-4,7-8,13,17,21H,5-6,9-12H2,1-2H3. The van der Waals surface area contributed by atoms with Crippen molar-refractivity contribution in [2.75, 3.05) is 26.2 Å². The molecule has 1 N–H and O–H groups in total.